The van der Waals surface area contributed by atoms with E-state index in [9.17, 15) is 26.7 Å². The number of esters is 1. The van der Waals surface area contributed by atoms with E-state index in [-0.39, 0.29) is 18.7 Å². The quantitative estimate of drug-likeness (QED) is 0.471. The minimum Gasteiger partial charge on any atom is -0.461 e. The molecule has 0 saturated carbocycles. The average molecular weight is 254 g/mol. The van der Waals surface area contributed by atoms with Crippen LogP contribution in [-0.4, -0.2) is 12.6 Å². The molecule has 0 fully saturated rings. The molecule has 1 aromatic carbocycles. The summed E-state index contributed by atoms with van der Waals surface area (Å²) in [6, 6.07) is 0.102. The van der Waals surface area contributed by atoms with Crippen molar-refractivity contribution in [2.45, 2.75) is 12.8 Å². The predicted molar refractivity (Wildman–Crippen MR) is 46.8 cm³/mol. The predicted octanol–water partition coefficient (Wildman–Crippen LogP) is 2.76. The number of carbonyl (C=O) groups excluding carboxylic acids is 1. The molecule has 1 aromatic rings. The van der Waals surface area contributed by atoms with Crippen molar-refractivity contribution < 1.29 is 31.5 Å². The van der Waals surface area contributed by atoms with Gasteiger partial charge in [-0.25, -0.2) is 18.0 Å². The van der Waals surface area contributed by atoms with Crippen molar-refractivity contribution in [3.63, 3.8) is 0 Å². The molecule has 17 heavy (non-hydrogen) atoms. The van der Waals surface area contributed by atoms with Crippen LogP contribution in [0.1, 0.15) is 12.5 Å². The van der Waals surface area contributed by atoms with Gasteiger partial charge in [-0.1, -0.05) is 0 Å². The molecule has 1 rings (SSSR count). The lowest BCUT2D eigenvalue weighted by molar-refractivity contribution is -0.173. The van der Waals surface area contributed by atoms with Gasteiger partial charge in [0.05, 0.1) is 6.61 Å². The van der Waals surface area contributed by atoms with Gasteiger partial charge in [0.25, 0.3) is 0 Å². The Morgan fingerprint density at radius 3 is 2.12 bits per heavy atom. The Bertz CT molecular complexity index is 421. The summed E-state index contributed by atoms with van der Waals surface area (Å²) >= 11 is 0. The number of hydrogen-bond donors (Lipinski definition) is 0. The lowest BCUT2D eigenvalue weighted by atomic mass is 10.1. The van der Waals surface area contributed by atoms with Crippen molar-refractivity contribution in [2.75, 3.05) is 6.61 Å². The number of benzene rings is 1. The van der Waals surface area contributed by atoms with Crippen molar-refractivity contribution >= 4 is 5.97 Å². The molecule has 0 aliphatic carbocycles. The van der Waals surface area contributed by atoms with Crippen molar-refractivity contribution in [3.8, 4) is 0 Å². The molecular formula is C10H7F5O2. The van der Waals surface area contributed by atoms with E-state index in [0.29, 0.717) is 0 Å². The van der Waals surface area contributed by atoms with Gasteiger partial charge < -0.3 is 4.74 Å². The first-order valence-corrected chi connectivity index (χ1v) is 4.50. The second-order valence-corrected chi connectivity index (χ2v) is 3.05. The molecule has 0 atom stereocenters. The van der Waals surface area contributed by atoms with Crippen molar-refractivity contribution in [2.24, 2.45) is 0 Å². The highest BCUT2D eigenvalue weighted by atomic mass is 19.3. The summed E-state index contributed by atoms with van der Waals surface area (Å²) in [6.45, 7) is 0.973. The Kier molecular flexibility index (Phi) is 3.69. The monoisotopic (exact) mass is 254 g/mol. The zero-order chi connectivity index (χ0) is 13.2. The molecule has 94 valence electrons. The van der Waals surface area contributed by atoms with Crippen molar-refractivity contribution in [1.29, 1.82) is 0 Å². The summed E-state index contributed by atoms with van der Waals surface area (Å²) in [6.07, 6.45) is 0. The number of hydrogen-bond acceptors (Lipinski definition) is 2. The second-order valence-electron chi connectivity index (χ2n) is 3.05. The van der Waals surface area contributed by atoms with Crippen LogP contribution in [0.25, 0.3) is 0 Å². The Labute approximate surface area is 93.0 Å². The number of rotatable bonds is 3. The molecule has 0 radical (unpaired) electrons. The van der Waals surface area contributed by atoms with Gasteiger partial charge in [-0.15, -0.1) is 0 Å². The molecule has 0 bridgehead atoms. The Morgan fingerprint density at radius 2 is 1.71 bits per heavy atom. The molecule has 0 aromatic heterocycles. The third-order valence-electron chi connectivity index (χ3n) is 1.88. The number of carbonyl (C=O) groups is 1. The molecule has 2 nitrogen and oxygen atoms in total. The van der Waals surface area contributed by atoms with E-state index in [0.717, 1.165) is 0 Å². The maximum atomic E-state index is 13.3. The second kappa shape index (κ2) is 4.68. The summed E-state index contributed by atoms with van der Waals surface area (Å²) in [5.74, 6) is -11.7. The Morgan fingerprint density at radius 1 is 1.24 bits per heavy atom. The van der Waals surface area contributed by atoms with E-state index >= 15 is 0 Å². The van der Waals surface area contributed by atoms with Gasteiger partial charge in [-0.2, -0.15) is 8.78 Å². The van der Waals surface area contributed by atoms with Crippen LogP contribution in [0.15, 0.2) is 12.1 Å². The Hall–Kier alpha value is -1.66. The van der Waals surface area contributed by atoms with E-state index in [1.54, 1.807) is 0 Å². The van der Waals surface area contributed by atoms with E-state index in [2.05, 4.69) is 4.74 Å². The highest BCUT2D eigenvalue weighted by Crippen LogP contribution is 2.31. The fraction of sp³-hybridized carbons (Fsp3) is 0.300. The molecule has 0 saturated heterocycles. The summed E-state index contributed by atoms with van der Waals surface area (Å²) in [4.78, 5) is 10.9. The molecule has 7 heteroatoms. The zero-order valence-electron chi connectivity index (χ0n) is 8.57. The van der Waals surface area contributed by atoms with Gasteiger partial charge in [0, 0.05) is 5.56 Å². The number of alkyl halides is 2. The topological polar surface area (TPSA) is 26.3 Å². The molecule has 0 heterocycles. The largest absolute Gasteiger partial charge is 0.461 e. The molecule has 0 aliphatic heterocycles. The van der Waals surface area contributed by atoms with Crippen LogP contribution in [0, 0.1) is 17.5 Å². The number of ether oxygens (including phenoxy) is 1. The van der Waals surface area contributed by atoms with E-state index in [1.165, 1.54) is 6.92 Å². The lowest BCUT2D eigenvalue weighted by Gasteiger charge is -2.15. The molecule has 0 N–H and O–H groups in total. The highest BCUT2D eigenvalue weighted by Gasteiger charge is 2.43. The molecular weight excluding hydrogens is 247 g/mol. The van der Waals surface area contributed by atoms with Crippen LogP contribution in [0.4, 0.5) is 22.0 Å². The normalized spacial score (nSPS) is 11.4. The first-order chi connectivity index (χ1) is 7.80. The molecule has 0 amide bonds. The highest BCUT2D eigenvalue weighted by molar-refractivity contribution is 5.79. The third-order valence-corrected chi connectivity index (χ3v) is 1.88. The maximum absolute atomic E-state index is 13.3. The Balaban J connectivity index is 3.19. The van der Waals surface area contributed by atoms with Crippen LogP contribution < -0.4 is 0 Å². The first-order valence-electron chi connectivity index (χ1n) is 4.50. The maximum Gasteiger partial charge on any atom is 0.381 e. The first kappa shape index (κ1) is 13.4. The summed E-state index contributed by atoms with van der Waals surface area (Å²) in [5, 5.41) is 0. The summed E-state index contributed by atoms with van der Waals surface area (Å²) < 4.78 is 68.6. The van der Waals surface area contributed by atoms with E-state index in [1.807, 2.05) is 0 Å². The van der Waals surface area contributed by atoms with E-state index < -0.39 is 34.9 Å². The standard InChI is InChI=1S/C10H7F5O2/c1-2-17-9(16)10(14,15)5-3-6(11)8(13)7(12)4-5/h3-4H,2H2,1H3. The third kappa shape index (κ3) is 2.54. The van der Waals surface area contributed by atoms with Crippen LogP contribution >= 0.6 is 0 Å². The molecule has 0 unspecified atom stereocenters. The van der Waals surface area contributed by atoms with E-state index in [4.69, 9.17) is 0 Å². The molecule has 0 spiro atoms. The average Bonchev–Trinajstić information content (AvgIpc) is 2.25. The molecule has 0 aliphatic rings. The minimum absolute atomic E-state index is 0.0509. The van der Waals surface area contributed by atoms with Gasteiger partial charge in [0.15, 0.2) is 17.5 Å². The van der Waals surface area contributed by atoms with Crippen LogP contribution in [0.5, 0.6) is 0 Å². The summed E-state index contributed by atoms with van der Waals surface area (Å²) in [5.41, 5.74) is -1.30. The minimum atomic E-state index is -4.23. The van der Waals surface area contributed by atoms with Gasteiger partial charge in [-0.3, -0.25) is 0 Å². The zero-order valence-corrected chi connectivity index (χ0v) is 8.57. The van der Waals surface area contributed by atoms with Crippen molar-refractivity contribution in [3.05, 3.63) is 35.1 Å². The van der Waals surface area contributed by atoms with Gasteiger partial charge >= 0.3 is 11.9 Å². The van der Waals surface area contributed by atoms with Crippen LogP contribution in [-0.2, 0) is 15.5 Å². The fourth-order valence-corrected chi connectivity index (χ4v) is 1.08. The van der Waals surface area contributed by atoms with Gasteiger partial charge in [0.1, 0.15) is 0 Å². The van der Waals surface area contributed by atoms with Gasteiger partial charge in [-0.05, 0) is 19.1 Å². The van der Waals surface area contributed by atoms with Crippen LogP contribution in [0.2, 0.25) is 0 Å². The fourth-order valence-electron chi connectivity index (χ4n) is 1.08. The van der Waals surface area contributed by atoms with Gasteiger partial charge in [0.2, 0.25) is 0 Å². The summed E-state index contributed by atoms with van der Waals surface area (Å²) in [7, 11) is 0. The number of halogens is 5. The lowest BCUT2D eigenvalue weighted by Crippen LogP contribution is -2.28. The van der Waals surface area contributed by atoms with Crippen LogP contribution in [0.3, 0.4) is 0 Å². The van der Waals surface area contributed by atoms with Crippen molar-refractivity contribution in [1.82, 2.24) is 0 Å². The smallest absolute Gasteiger partial charge is 0.381 e. The SMILES string of the molecule is CCOC(=O)C(F)(F)c1cc(F)c(F)c(F)c1.